The third-order valence-electron chi connectivity index (χ3n) is 1.70. The standard InChI is InChI=1S/C11H10ClNO/c1-2-7-13-11(14)8-9-5-3-4-6-10(9)12/h1,3-6H,7-8H2,(H,13,14). The lowest BCUT2D eigenvalue weighted by atomic mass is 10.1. The van der Waals surface area contributed by atoms with Crippen molar-refractivity contribution in [2.45, 2.75) is 6.42 Å². The van der Waals surface area contributed by atoms with Crippen molar-refractivity contribution >= 4 is 17.5 Å². The Kier molecular flexibility index (Phi) is 4.03. The van der Waals surface area contributed by atoms with Gasteiger partial charge in [-0.25, -0.2) is 0 Å². The van der Waals surface area contributed by atoms with E-state index in [1.165, 1.54) is 0 Å². The van der Waals surface area contributed by atoms with Crippen molar-refractivity contribution in [2.24, 2.45) is 0 Å². The zero-order chi connectivity index (χ0) is 10.4. The summed E-state index contributed by atoms with van der Waals surface area (Å²) in [5, 5.41) is 3.17. The molecule has 1 aromatic rings. The summed E-state index contributed by atoms with van der Waals surface area (Å²) < 4.78 is 0. The van der Waals surface area contributed by atoms with Crippen LogP contribution in [-0.4, -0.2) is 12.5 Å². The largest absolute Gasteiger partial charge is 0.345 e. The van der Waals surface area contributed by atoms with E-state index in [1.807, 2.05) is 18.2 Å². The van der Waals surface area contributed by atoms with E-state index in [0.717, 1.165) is 5.56 Å². The number of rotatable bonds is 3. The van der Waals surface area contributed by atoms with Gasteiger partial charge in [0.1, 0.15) is 0 Å². The summed E-state index contributed by atoms with van der Waals surface area (Å²) in [6.07, 6.45) is 5.27. The van der Waals surface area contributed by atoms with Gasteiger partial charge in [-0.05, 0) is 11.6 Å². The summed E-state index contributed by atoms with van der Waals surface area (Å²) in [4.78, 5) is 11.3. The Balaban J connectivity index is 2.57. The molecule has 0 aliphatic carbocycles. The molecule has 1 rings (SSSR count). The molecule has 72 valence electrons. The highest BCUT2D eigenvalue weighted by atomic mass is 35.5. The summed E-state index contributed by atoms with van der Waals surface area (Å²) in [6.45, 7) is 0.253. The number of halogens is 1. The van der Waals surface area contributed by atoms with Gasteiger partial charge in [0.2, 0.25) is 5.91 Å². The number of carbonyl (C=O) groups is 1. The first-order valence-corrected chi connectivity index (χ1v) is 4.55. The highest BCUT2D eigenvalue weighted by Crippen LogP contribution is 2.14. The van der Waals surface area contributed by atoms with Crippen LogP contribution in [-0.2, 0) is 11.2 Å². The second kappa shape index (κ2) is 5.31. The van der Waals surface area contributed by atoms with Crippen molar-refractivity contribution in [3.05, 3.63) is 34.9 Å². The maximum absolute atomic E-state index is 11.3. The Morgan fingerprint density at radius 3 is 2.86 bits per heavy atom. The molecule has 2 nitrogen and oxygen atoms in total. The molecule has 0 unspecified atom stereocenters. The van der Waals surface area contributed by atoms with Crippen LogP contribution in [0.15, 0.2) is 24.3 Å². The third kappa shape index (κ3) is 3.12. The molecule has 0 aromatic heterocycles. The van der Waals surface area contributed by atoms with Crippen LogP contribution in [0.25, 0.3) is 0 Å². The summed E-state index contributed by atoms with van der Waals surface area (Å²) in [7, 11) is 0. The first-order chi connectivity index (χ1) is 6.74. The molecule has 1 amide bonds. The molecule has 0 atom stereocenters. The van der Waals surface area contributed by atoms with Crippen LogP contribution in [0.3, 0.4) is 0 Å². The van der Waals surface area contributed by atoms with Crippen LogP contribution in [0, 0.1) is 12.3 Å². The van der Waals surface area contributed by atoms with Gasteiger partial charge >= 0.3 is 0 Å². The molecule has 0 radical (unpaired) electrons. The molecule has 14 heavy (non-hydrogen) atoms. The van der Waals surface area contributed by atoms with Gasteiger partial charge < -0.3 is 5.32 Å². The highest BCUT2D eigenvalue weighted by Gasteiger charge is 2.04. The second-order valence-electron chi connectivity index (χ2n) is 2.75. The van der Waals surface area contributed by atoms with E-state index in [4.69, 9.17) is 18.0 Å². The van der Waals surface area contributed by atoms with E-state index in [9.17, 15) is 4.79 Å². The van der Waals surface area contributed by atoms with Crippen LogP contribution in [0.4, 0.5) is 0 Å². The number of hydrogen-bond donors (Lipinski definition) is 1. The Morgan fingerprint density at radius 2 is 2.21 bits per heavy atom. The fourth-order valence-corrected chi connectivity index (χ4v) is 1.23. The van der Waals surface area contributed by atoms with Crippen LogP contribution in [0.5, 0.6) is 0 Å². The molecule has 0 bridgehead atoms. The van der Waals surface area contributed by atoms with Gasteiger partial charge in [0.05, 0.1) is 13.0 Å². The minimum Gasteiger partial charge on any atom is -0.345 e. The Labute approximate surface area is 88.3 Å². The summed E-state index contributed by atoms with van der Waals surface area (Å²) >= 11 is 5.88. The van der Waals surface area contributed by atoms with Gasteiger partial charge in [-0.1, -0.05) is 35.7 Å². The van der Waals surface area contributed by atoms with E-state index in [2.05, 4.69) is 11.2 Å². The van der Waals surface area contributed by atoms with Crippen LogP contribution in [0.1, 0.15) is 5.56 Å². The van der Waals surface area contributed by atoms with Crippen molar-refractivity contribution in [3.63, 3.8) is 0 Å². The molecular weight excluding hydrogens is 198 g/mol. The summed E-state index contributed by atoms with van der Waals surface area (Å²) in [6, 6.07) is 7.24. The predicted octanol–water partition coefficient (Wildman–Crippen LogP) is 1.63. The van der Waals surface area contributed by atoms with Gasteiger partial charge in [-0.15, -0.1) is 6.42 Å². The van der Waals surface area contributed by atoms with Crippen molar-refractivity contribution in [1.29, 1.82) is 0 Å². The van der Waals surface area contributed by atoms with E-state index in [0.29, 0.717) is 5.02 Å². The van der Waals surface area contributed by atoms with Crippen LogP contribution in [0.2, 0.25) is 5.02 Å². The Bertz CT molecular complexity index is 368. The molecule has 0 aliphatic rings. The monoisotopic (exact) mass is 207 g/mol. The number of amides is 1. The van der Waals surface area contributed by atoms with Gasteiger partial charge in [-0.2, -0.15) is 0 Å². The molecule has 0 saturated heterocycles. The van der Waals surface area contributed by atoms with Gasteiger partial charge in [0, 0.05) is 5.02 Å². The predicted molar refractivity (Wildman–Crippen MR) is 57.0 cm³/mol. The van der Waals surface area contributed by atoms with E-state index in [-0.39, 0.29) is 18.9 Å². The molecule has 0 saturated carbocycles. The lowest BCUT2D eigenvalue weighted by Crippen LogP contribution is -2.25. The minimum absolute atomic E-state index is 0.115. The quantitative estimate of drug-likeness (QED) is 0.751. The van der Waals surface area contributed by atoms with Crippen molar-refractivity contribution in [2.75, 3.05) is 6.54 Å². The smallest absolute Gasteiger partial charge is 0.225 e. The van der Waals surface area contributed by atoms with E-state index < -0.39 is 0 Å². The maximum Gasteiger partial charge on any atom is 0.225 e. The SMILES string of the molecule is C#CCNC(=O)Cc1ccccc1Cl. The fourth-order valence-electron chi connectivity index (χ4n) is 1.03. The van der Waals surface area contributed by atoms with E-state index >= 15 is 0 Å². The first kappa shape index (κ1) is 10.6. The molecule has 0 fully saturated rings. The maximum atomic E-state index is 11.3. The Hall–Kier alpha value is -1.46. The normalized spacial score (nSPS) is 9.14. The third-order valence-corrected chi connectivity index (χ3v) is 2.07. The topological polar surface area (TPSA) is 29.1 Å². The molecule has 0 spiro atoms. The molecule has 3 heteroatoms. The lowest BCUT2D eigenvalue weighted by Gasteiger charge is -2.03. The van der Waals surface area contributed by atoms with E-state index in [1.54, 1.807) is 6.07 Å². The number of benzene rings is 1. The summed E-state index contributed by atoms with van der Waals surface area (Å²) in [5.74, 6) is 2.22. The fraction of sp³-hybridized carbons (Fsp3) is 0.182. The number of carbonyl (C=O) groups excluding carboxylic acids is 1. The van der Waals surface area contributed by atoms with Gasteiger partial charge in [-0.3, -0.25) is 4.79 Å². The highest BCUT2D eigenvalue weighted by molar-refractivity contribution is 6.31. The zero-order valence-electron chi connectivity index (χ0n) is 7.59. The molecule has 0 heterocycles. The van der Waals surface area contributed by atoms with Gasteiger partial charge in [0.25, 0.3) is 0 Å². The number of hydrogen-bond acceptors (Lipinski definition) is 1. The van der Waals surface area contributed by atoms with Crippen LogP contribution < -0.4 is 5.32 Å². The molecule has 1 N–H and O–H groups in total. The molecule has 1 aromatic carbocycles. The second-order valence-corrected chi connectivity index (χ2v) is 3.16. The number of nitrogens with one attached hydrogen (secondary N) is 1. The summed E-state index contributed by atoms with van der Waals surface area (Å²) in [5.41, 5.74) is 0.809. The average molecular weight is 208 g/mol. The lowest BCUT2D eigenvalue weighted by molar-refractivity contribution is -0.120. The number of terminal acetylenes is 1. The van der Waals surface area contributed by atoms with Crippen molar-refractivity contribution in [3.8, 4) is 12.3 Å². The van der Waals surface area contributed by atoms with Crippen LogP contribution >= 0.6 is 11.6 Å². The molecule has 0 aliphatic heterocycles. The average Bonchev–Trinajstić information content (AvgIpc) is 2.18. The minimum atomic E-state index is -0.115. The van der Waals surface area contributed by atoms with Gasteiger partial charge in [0.15, 0.2) is 0 Å². The zero-order valence-corrected chi connectivity index (χ0v) is 8.34. The van der Waals surface area contributed by atoms with Crippen molar-refractivity contribution in [1.82, 2.24) is 5.32 Å². The van der Waals surface area contributed by atoms with Crippen molar-refractivity contribution < 1.29 is 4.79 Å². The Morgan fingerprint density at radius 1 is 1.50 bits per heavy atom. The first-order valence-electron chi connectivity index (χ1n) is 4.17. The molecular formula is C11H10ClNO.